The van der Waals surface area contributed by atoms with Crippen LogP contribution in [0.1, 0.15) is 96.3 Å². The minimum atomic E-state index is 0.0972. The Bertz CT molecular complexity index is 1250. The van der Waals surface area contributed by atoms with Crippen molar-refractivity contribution in [3.05, 3.63) is 52.6 Å². The number of hydrogen-bond acceptors (Lipinski definition) is 13. The predicted molar refractivity (Wildman–Crippen MR) is 205 cm³/mol. The maximum absolute atomic E-state index is 8.74. The molecule has 9 N–H and O–H groups in total. The minimum absolute atomic E-state index is 0.0972. The van der Waals surface area contributed by atoms with Gasteiger partial charge in [0.05, 0.1) is 13.2 Å². The summed E-state index contributed by atoms with van der Waals surface area (Å²) in [5.41, 5.74) is 10.4. The lowest BCUT2D eigenvalue weighted by Crippen LogP contribution is -2.23. The average molecular weight is 757 g/mol. The van der Waals surface area contributed by atoms with Crippen molar-refractivity contribution in [2.24, 2.45) is 11.5 Å². The summed E-state index contributed by atoms with van der Waals surface area (Å²) in [6.45, 7) is 1.09. The van der Waals surface area contributed by atoms with Crippen molar-refractivity contribution >= 4 is 52.3 Å². The van der Waals surface area contributed by atoms with Crippen LogP contribution in [0.4, 0.5) is 17.5 Å². The van der Waals surface area contributed by atoms with E-state index in [-0.39, 0.29) is 13.2 Å². The van der Waals surface area contributed by atoms with Gasteiger partial charge in [-0.15, -0.1) is 0 Å². The van der Waals surface area contributed by atoms with Gasteiger partial charge in [0.1, 0.15) is 51.9 Å². The van der Waals surface area contributed by atoms with Gasteiger partial charge in [0.15, 0.2) is 0 Å². The van der Waals surface area contributed by atoms with Gasteiger partial charge in [0.2, 0.25) is 0 Å². The SMILES string of the molecule is Clc1cc(Cl)ncn1.Clc1cc(NC2CCCCC2)ncn1.NC1CCCCC1.NCCO.OCCNc1cc(NC2CCCCC2)ncn1. The second kappa shape index (κ2) is 28.0. The first-order chi connectivity index (χ1) is 24.3. The van der Waals surface area contributed by atoms with Crippen LogP contribution in [-0.2, 0) is 0 Å². The molecule has 3 fully saturated rings. The highest BCUT2D eigenvalue weighted by Crippen LogP contribution is 2.22. The number of rotatable bonds is 8. The molecule has 6 rings (SSSR count). The highest BCUT2D eigenvalue weighted by atomic mass is 35.5. The molecule has 0 radical (unpaired) electrons. The number of nitrogens with one attached hydrogen (secondary N) is 3. The molecule has 3 aromatic rings. The Morgan fingerprint density at radius 2 is 0.960 bits per heavy atom. The zero-order valence-electron chi connectivity index (χ0n) is 29.0. The third kappa shape index (κ3) is 21.5. The largest absolute Gasteiger partial charge is 0.395 e. The highest BCUT2D eigenvalue weighted by molar-refractivity contribution is 6.33. The molecule has 280 valence electrons. The molecule has 3 aromatic heterocycles. The van der Waals surface area contributed by atoms with Crippen LogP contribution in [0.2, 0.25) is 15.5 Å². The molecule has 0 amide bonds. The van der Waals surface area contributed by atoms with E-state index in [0.29, 0.717) is 46.7 Å². The molecular weight excluding hydrogens is 701 g/mol. The van der Waals surface area contributed by atoms with Crippen LogP contribution in [0, 0.1) is 0 Å². The molecule has 3 aliphatic carbocycles. The third-order valence-electron chi connectivity index (χ3n) is 8.01. The van der Waals surface area contributed by atoms with Crippen LogP contribution < -0.4 is 27.4 Å². The van der Waals surface area contributed by atoms with Crippen LogP contribution in [-0.4, -0.2) is 84.5 Å². The lowest BCUT2D eigenvalue weighted by molar-refractivity contribution is 0.306. The zero-order chi connectivity index (χ0) is 36.2. The van der Waals surface area contributed by atoms with E-state index >= 15 is 0 Å². The topological polar surface area (TPSA) is 206 Å². The van der Waals surface area contributed by atoms with Crippen molar-refractivity contribution in [2.45, 2.75) is 114 Å². The number of aromatic nitrogens is 6. The van der Waals surface area contributed by atoms with Gasteiger partial charge >= 0.3 is 0 Å². The smallest absolute Gasteiger partial charge is 0.134 e. The standard InChI is InChI=1S/C12H20N4O.C10H14ClN3.C6H13N.C4H2Cl2N2.C2H7NO/c17-7-6-13-11-8-12(15-9-14-11)16-10-4-2-1-3-5-10;11-9-6-10(13-7-12-9)14-8-4-2-1-3-5-8;7-6-4-2-1-3-5-6;5-3-1-4(6)8-2-7-3;3-1-2-4/h8-10,17H,1-7H2,(H2,13,14,15,16);6-8H,1-5H2,(H,12,13,14);6H,1-5,7H2;1-2H;4H,1-3H2. The number of hydrogen-bond donors (Lipinski definition) is 7. The highest BCUT2D eigenvalue weighted by Gasteiger charge is 2.14. The minimum Gasteiger partial charge on any atom is -0.395 e. The molecule has 0 aliphatic heterocycles. The van der Waals surface area contributed by atoms with Crippen LogP contribution >= 0.6 is 34.8 Å². The average Bonchev–Trinajstić information content (AvgIpc) is 3.13. The Morgan fingerprint density at radius 1 is 0.560 bits per heavy atom. The maximum Gasteiger partial charge on any atom is 0.134 e. The lowest BCUT2D eigenvalue weighted by Gasteiger charge is -2.23. The first kappa shape index (κ1) is 43.5. The normalized spacial score (nSPS) is 16.4. The summed E-state index contributed by atoms with van der Waals surface area (Å²) in [4.78, 5) is 23.5. The van der Waals surface area contributed by atoms with Gasteiger partial charge in [-0.3, -0.25) is 0 Å². The van der Waals surface area contributed by atoms with Gasteiger partial charge in [-0.1, -0.05) is 92.6 Å². The Kier molecular flexibility index (Phi) is 24.4. The molecule has 0 spiro atoms. The van der Waals surface area contributed by atoms with E-state index < -0.39 is 0 Å². The number of aliphatic hydroxyl groups excluding tert-OH is 2. The lowest BCUT2D eigenvalue weighted by atomic mass is 9.95. The van der Waals surface area contributed by atoms with Crippen molar-refractivity contribution in [1.82, 2.24) is 29.9 Å². The first-order valence-electron chi connectivity index (χ1n) is 17.7. The maximum atomic E-state index is 8.74. The fourth-order valence-corrected chi connectivity index (χ4v) is 5.98. The van der Waals surface area contributed by atoms with Crippen LogP contribution in [0.15, 0.2) is 37.2 Å². The Morgan fingerprint density at radius 3 is 1.34 bits per heavy atom. The summed E-state index contributed by atoms with van der Waals surface area (Å²) >= 11 is 16.6. The van der Waals surface area contributed by atoms with Gasteiger partial charge in [-0.25, -0.2) is 29.9 Å². The molecule has 50 heavy (non-hydrogen) atoms. The van der Waals surface area contributed by atoms with Crippen molar-refractivity contribution in [3.63, 3.8) is 0 Å². The molecule has 3 heterocycles. The van der Waals surface area contributed by atoms with Crippen LogP contribution in [0.5, 0.6) is 0 Å². The number of anilines is 3. The molecule has 0 bridgehead atoms. The molecule has 0 atom stereocenters. The molecule has 0 saturated heterocycles. The van der Waals surface area contributed by atoms with E-state index in [1.165, 1.54) is 115 Å². The molecule has 0 aromatic carbocycles. The summed E-state index contributed by atoms with van der Waals surface area (Å²) in [6.07, 6.45) is 23.9. The van der Waals surface area contributed by atoms with Crippen molar-refractivity contribution in [3.8, 4) is 0 Å². The van der Waals surface area contributed by atoms with E-state index in [1.807, 2.05) is 6.07 Å². The summed E-state index contributed by atoms with van der Waals surface area (Å²) in [6, 6.07) is 6.79. The van der Waals surface area contributed by atoms with E-state index in [0.717, 1.165) is 17.5 Å². The van der Waals surface area contributed by atoms with Crippen molar-refractivity contribution in [1.29, 1.82) is 0 Å². The molecule has 3 aliphatic rings. The number of halogens is 3. The fraction of sp³-hybridized carbons (Fsp3) is 0.647. The van der Waals surface area contributed by atoms with E-state index in [1.54, 1.807) is 12.4 Å². The Labute approximate surface area is 312 Å². The van der Waals surface area contributed by atoms with Gasteiger partial charge < -0.3 is 37.6 Å². The van der Waals surface area contributed by atoms with Crippen LogP contribution in [0.25, 0.3) is 0 Å². The van der Waals surface area contributed by atoms with E-state index in [4.69, 9.17) is 56.5 Å². The first-order valence-corrected chi connectivity index (χ1v) is 18.8. The fourth-order valence-electron chi connectivity index (χ4n) is 5.49. The van der Waals surface area contributed by atoms with E-state index in [9.17, 15) is 0 Å². The molecular formula is C34H56Cl3N11O2. The second-order valence-electron chi connectivity index (χ2n) is 12.2. The summed E-state index contributed by atoms with van der Waals surface area (Å²) in [5.74, 6) is 2.47. The number of nitrogens with zero attached hydrogens (tertiary/aromatic N) is 6. The van der Waals surface area contributed by atoms with Gasteiger partial charge in [0, 0.05) is 49.4 Å². The molecule has 16 heteroatoms. The third-order valence-corrected chi connectivity index (χ3v) is 8.63. The second-order valence-corrected chi connectivity index (χ2v) is 13.4. The monoisotopic (exact) mass is 755 g/mol. The molecule has 0 unspecified atom stereocenters. The number of aliphatic hydroxyl groups is 2. The van der Waals surface area contributed by atoms with Crippen LogP contribution in [0.3, 0.4) is 0 Å². The molecule has 13 nitrogen and oxygen atoms in total. The molecule has 3 saturated carbocycles. The number of nitrogens with two attached hydrogens (primary N) is 2. The van der Waals surface area contributed by atoms with Gasteiger partial charge in [-0.05, 0) is 38.5 Å². The summed E-state index contributed by atoms with van der Waals surface area (Å²) in [7, 11) is 0. The zero-order valence-corrected chi connectivity index (χ0v) is 31.3. The van der Waals surface area contributed by atoms with Gasteiger partial charge in [-0.2, -0.15) is 0 Å². The quantitative estimate of drug-likeness (QED) is 0.123. The predicted octanol–water partition coefficient (Wildman–Crippen LogP) is 6.50. The van der Waals surface area contributed by atoms with Crippen molar-refractivity contribution in [2.75, 3.05) is 42.3 Å². The Hall–Kier alpha value is -2.65. The van der Waals surface area contributed by atoms with E-state index in [2.05, 4.69) is 45.9 Å². The van der Waals surface area contributed by atoms with Crippen molar-refractivity contribution < 1.29 is 10.2 Å². The Balaban J connectivity index is 0.000000235. The summed E-state index contributed by atoms with van der Waals surface area (Å²) < 4.78 is 0. The summed E-state index contributed by atoms with van der Waals surface area (Å²) in [5, 5.41) is 27.6. The van der Waals surface area contributed by atoms with Gasteiger partial charge in [0.25, 0.3) is 0 Å².